The lowest BCUT2D eigenvalue weighted by atomic mass is 10.0. The lowest BCUT2D eigenvalue weighted by molar-refractivity contribution is -0.140. The lowest BCUT2D eigenvalue weighted by Crippen LogP contribution is -2.54. The molecule has 1 aliphatic heterocycles. The molecule has 2 amide bonds. The summed E-state index contributed by atoms with van der Waals surface area (Å²) in [4.78, 5) is 30.9. The zero-order chi connectivity index (χ0) is 16.7. The number of hydrogen-bond acceptors (Lipinski definition) is 4. The fraction of sp³-hybridized carbons (Fsp3) is 0.812. The quantitative estimate of drug-likeness (QED) is 0.684. The van der Waals surface area contributed by atoms with Crippen LogP contribution in [0.1, 0.15) is 40.0 Å². The van der Waals surface area contributed by atoms with E-state index in [0.717, 1.165) is 19.3 Å². The molecule has 22 heavy (non-hydrogen) atoms. The van der Waals surface area contributed by atoms with Gasteiger partial charge in [0.1, 0.15) is 6.04 Å². The average molecular weight is 310 g/mol. The van der Waals surface area contributed by atoms with E-state index in [1.54, 1.807) is 25.2 Å². The summed E-state index contributed by atoms with van der Waals surface area (Å²) in [7, 11) is 3.49. The number of likely N-dealkylation sites (tertiary alicyclic amines) is 1. The van der Waals surface area contributed by atoms with Crippen LogP contribution in [0.15, 0.2) is 4.99 Å². The van der Waals surface area contributed by atoms with Crippen LogP contribution in [-0.2, 0) is 9.59 Å². The predicted octanol–water partition coefficient (Wildman–Crippen LogP) is 0.817. The van der Waals surface area contributed by atoms with Crippen molar-refractivity contribution in [2.75, 3.05) is 20.6 Å². The summed E-state index contributed by atoms with van der Waals surface area (Å²) in [6.07, 6.45) is 4.13. The Kier molecular flexibility index (Phi) is 7.51. The fourth-order valence-corrected chi connectivity index (χ4v) is 2.93. The molecule has 6 nitrogen and oxygen atoms in total. The zero-order valence-corrected chi connectivity index (χ0v) is 14.4. The van der Waals surface area contributed by atoms with Gasteiger partial charge in [-0.05, 0) is 32.2 Å². The van der Waals surface area contributed by atoms with E-state index in [4.69, 9.17) is 0 Å². The van der Waals surface area contributed by atoms with E-state index in [2.05, 4.69) is 15.6 Å². The first-order valence-corrected chi connectivity index (χ1v) is 8.16. The molecule has 6 heteroatoms. The van der Waals surface area contributed by atoms with Gasteiger partial charge in [0.05, 0.1) is 12.1 Å². The highest BCUT2D eigenvalue weighted by molar-refractivity contribution is 5.91. The van der Waals surface area contributed by atoms with Crippen LogP contribution in [0.2, 0.25) is 0 Å². The summed E-state index contributed by atoms with van der Waals surface area (Å²) < 4.78 is 0. The highest BCUT2D eigenvalue weighted by Crippen LogP contribution is 2.20. The minimum atomic E-state index is -0.360. The molecule has 2 N–H and O–H groups in total. The van der Waals surface area contributed by atoms with E-state index in [-0.39, 0.29) is 35.9 Å². The van der Waals surface area contributed by atoms with Crippen LogP contribution in [0.25, 0.3) is 0 Å². The second-order valence-electron chi connectivity index (χ2n) is 6.13. The van der Waals surface area contributed by atoms with E-state index < -0.39 is 0 Å². The third-order valence-electron chi connectivity index (χ3n) is 4.18. The highest BCUT2D eigenvalue weighted by atomic mass is 16.2. The summed E-state index contributed by atoms with van der Waals surface area (Å²) in [5, 5.41) is 6.04. The SMILES string of the molecule is CC[C@@H](C=NC)NC(=O)[C@@H]1CCCN1C(=O)[C@@H](NC)C(C)C. The van der Waals surface area contributed by atoms with Gasteiger partial charge in [0.2, 0.25) is 11.8 Å². The Hall–Kier alpha value is -1.43. The molecule has 0 saturated carbocycles. The van der Waals surface area contributed by atoms with E-state index >= 15 is 0 Å². The van der Waals surface area contributed by atoms with Gasteiger partial charge in [0, 0.05) is 19.8 Å². The van der Waals surface area contributed by atoms with Crippen molar-refractivity contribution < 1.29 is 9.59 Å². The first-order chi connectivity index (χ1) is 10.5. The predicted molar refractivity (Wildman–Crippen MR) is 89.1 cm³/mol. The molecule has 0 aromatic rings. The first-order valence-electron chi connectivity index (χ1n) is 8.16. The smallest absolute Gasteiger partial charge is 0.243 e. The summed E-state index contributed by atoms with van der Waals surface area (Å²) in [5.41, 5.74) is 0. The number of carbonyl (C=O) groups is 2. The second kappa shape index (κ2) is 8.88. The molecule has 0 aliphatic carbocycles. The molecule has 1 rings (SSSR count). The normalized spacial score (nSPS) is 21.4. The van der Waals surface area contributed by atoms with Crippen molar-refractivity contribution in [2.45, 2.75) is 58.2 Å². The first kappa shape index (κ1) is 18.6. The van der Waals surface area contributed by atoms with Gasteiger partial charge in [-0.2, -0.15) is 0 Å². The second-order valence-corrected chi connectivity index (χ2v) is 6.13. The third kappa shape index (κ3) is 4.53. The number of hydrogen-bond donors (Lipinski definition) is 2. The Bertz CT molecular complexity index is 409. The molecule has 0 bridgehead atoms. The number of likely N-dealkylation sites (N-methyl/N-ethyl adjacent to an activating group) is 1. The van der Waals surface area contributed by atoms with Crippen molar-refractivity contribution in [1.82, 2.24) is 15.5 Å². The minimum Gasteiger partial charge on any atom is -0.347 e. The molecule has 3 atom stereocenters. The standard InChI is InChI=1S/C16H30N4O2/c1-6-12(10-17-4)19-15(21)13-8-7-9-20(13)16(22)14(18-5)11(2)3/h10-14,18H,6-9H2,1-5H3,(H,19,21)/t12-,13-,14-/m0/s1. The van der Waals surface area contributed by atoms with E-state index in [0.29, 0.717) is 6.54 Å². The number of aliphatic imine (C=N–C) groups is 1. The van der Waals surface area contributed by atoms with Crippen LogP contribution < -0.4 is 10.6 Å². The molecule has 126 valence electrons. The molecular formula is C16H30N4O2. The highest BCUT2D eigenvalue weighted by Gasteiger charge is 2.37. The molecule has 0 radical (unpaired) electrons. The Balaban J connectivity index is 2.77. The molecule has 1 saturated heterocycles. The Morgan fingerprint density at radius 1 is 1.41 bits per heavy atom. The van der Waals surface area contributed by atoms with Gasteiger partial charge in [0.15, 0.2) is 0 Å². The summed E-state index contributed by atoms with van der Waals surface area (Å²) in [6.45, 7) is 6.67. The van der Waals surface area contributed by atoms with E-state index in [9.17, 15) is 9.59 Å². The Morgan fingerprint density at radius 3 is 2.59 bits per heavy atom. The largest absolute Gasteiger partial charge is 0.347 e. The van der Waals surface area contributed by atoms with Crippen molar-refractivity contribution in [2.24, 2.45) is 10.9 Å². The molecule has 0 spiro atoms. The molecule has 1 heterocycles. The number of carbonyl (C=O) groups excluding carboxylic acids is 2. The molecular weight excluding hydrogens is 280 g/mol. The van der Waals surface area contributed by atoms with Crippen molar-refractivity contribution in [3.8, 4) is 0 Å². The van der Waals surface area contributed by atoms with E-state index in [1.165, 1.54) is 0 Å². The van der Waals surface area contributed by atoms with Crippen LogP contribution >= 0.6 is 0 Å². The average Bonchev–Trinajstić information content (AvgIpc) is 2.96. The number of amides is 2. The Labute approximate surface area is 133 Å². The monoisotopic (exact) mass is 310 g/mol. The van der Waals surface area contributed by atoms with Crippen molar-refractivity contribution >= 4 is 18.0 Å². The van der Waals surface area contributed by atoms with Gasteiger partial charge in [-0.3, -0.25) is 14.6 Å². The van der Waals surface area contributed by atoms with Crippen LogP contribution in [0.4, 0.5) is 0 Å². The molecule has 1 aliphatic rings. The van der Waals surface area contributed by atoms with Crippen molar-refractivity contribution in [3.63, 3.8) is 0 Å². The summed E-state index contributed by atoms with van der Waals surface area (Å²) >= 11 is 0. The number of nitrogens with zero attached hydrogens (tertiary/aromatic N) is 2. The van der Waals surface area contributed by atoms with Gasteiger partial charge in [0.25, 0.3) is 0 Å². The summed E-state index contributed by atoms with van der Waals surface area (Å²) in [6, 6.07) is -0.672. The fourth-order valence-electron chi connectivity index (χ4n) is 2.93. The molecule has 0 aromatic carbocycles. The van der Waals surface area contributed by atoms with Crippen molar-refractivity contribution in [3.05, 3.63) is 0 Å². The van der Waals surface area contributed by atoms with Gasteiger partial charge >= 0.3 is 0 Å². The van der Waals surface area contributed by atoms with Crippen LogP contribution in [0.3, 0.4) is 0 Å². The van der Waals surface area contributed by atoms with Gasteiger partial charge < -0.3 is 15.5 Å². The summed E-state index contributed by atoms with van der Waals surface area (Å²) in [5.74, 6) is 0.140. The number of nitrogens with one attached hydrogen (secondary N) is 2. The molecule has 0 aromatic heterocycles. The van der Waals surface area contributed by atoms with Crippen LogP contribution in [0, 0.1) is 5.92 Å². The zero-order valence-electron chi connectivity index (χ0n) is 14.4. The lowest BCUT2D eigenvalue weighted by Gasteiger charge is -2.30. The molecule has 0 unspecified atom stereocenters. The molecule has 1 fully saturated rings. The maximum atomic E-state index is 12.7. The van der Waals surface area contributed by atoms with Gasteiger partial charge in [-0.15, -0.1) is 0 Å². The number of rotatable bonds is 7. The van der Waals surface area contributed by atoms with E-state index in [1.807, 2.05) is 20.8 Å². The third-order valence-corrected chi connectivity index (χ3v) is 4.18. The maximum absolute atomic E-state index is 12.7. The van der Waals surface area contributed by atoms with Gasteiger partial charge in [-0.25, -0.2) is 0 Å². The topological polar surface area (TPSA) is 73.8 Å². The minimum absolute atomic E-state index is 0.0207. The van der Waals surface area contributed by atoms with Gasteiger partial charge in [-0.1, -0.05) is 20.8 Å². The van der Waals surface area contributed by atoms with Crippen LogP contribution in [-0.4, -0.2) is 61.7 Å². The maximum Gasteiger partial charge on any atom is 0.243 e. The van der Waals surface area contributed by atoms with Crippen molar-refractivity contribution in [1.29, 1.82) is 0 Å². The Morgan fingerprint density at radius 2 is 2.09 bits per heavy atom. The van der Waals surface area contributed by atoms with Crippen LogP contribution in [0.5, 0.6) is 0 Å².